The number of unbranched alkanes of at least 4 members (excludes halogenated alkanes) is 2. The second-order valence-corrected chi connectivity index (χ2v) is 29.5. The Morgan fingerprint density at radius 1 is 0.647 bits per heavy atom. The molecule has 0 radical (unpaired) electrons. The van der Waals surface area contributed by atoms with E-state index < -0.39 is 118 Å². The van der Waals surface area contributed by atoms with Crippen molar-refractivity contribution >= 4 is 22.4 Å². The third-order valence-electron chi connectivity index (χ3n) is 13.4. The first-order valence-electron chi connectivity index (χ1n) is 23.7. The van der Waals surface area contributed by atoms with E-state index in [4.69, 9.17) is 18.3 Å². The van der Waals surface area contributed by atoms with Gasteiger partial charge in [0.15, 0.2) is 26.7 Å². The van der Waals surface area contributed by atoms with Crippen LogP contribution in [0.1, 0.15) is 145 Å². The van der Waals surface area contributed by atoms with E-state index in [9.17, 15) is 48.7 Å². The Kier molecular flexibility index (Phi) is 23.3. The van der Waals surface area contributed by atoms with Crippen LogP contribution in [0.4, 0.5) is 61.5 Å². The van der Waals surface area contributed by atoms with Crippen molar-refractivity contribution in [2.24, 2.45) is 5.92 Å². The van der Waals surface area contributed by atoms with Crippen LogP contribution in [-0.2, 0) is 29.7 Å². The second kappa shape index (κ2) is 25.5. The molecule has 0 saturated heterocycles. The van der Waals surface area contributed by atoms with Gasteiger partial charge >= 0.3 is 36.0 Å². The Morgan fingerprint density at radius 2 is 1.12 bits per heavy atom. The van der Waals surface area contributed by atoms with Crippen molar-refractivity contribution < 1.29 is 84.6 Å². The lowest BCUT2D eigenvalue weighted by Crippen LogP contribution is -2.56. The minimum Gasteiger partial charge on any atom is -0.405 e. The Balaban J connectivity index is 2.93. The number of carbonyl (C=O) groups excluding carboxylic acids is 1. The van der Waals surface area contributed by atoms with Crippen LogP contribution in [0.15, 0.2) is 42.5 Å². The molecule has 1 aromatic rings. The molecule has 2 rings (SSSR count). The summed E-state index contributed by atoms with van der Waals surface area (Å²) >= 11 is 0. The van der Waals surface area contributed by atoms with Gasteiger partial charge in [-0.3, -0.25) is 4.79 Å². The fraction of sp³-hybridized carbons (Fsp3) is 0.809. The van der Waals surface area contributed by atoms with Crippen molar-refractivity contribution in [3.8, 4) is 0 Å². The molecule has 0 bridgehead atoms. The van der Waals surface area contributed by atoms with Gasteiger partial charge in [-0.05, 0) is 70.7 Å². The maximum Gasteiger partial charge on any atom is 0.459 e. The molecule has 0 unspecified atom stereocenters. The fourth-order valence-corrected chi connectivity index (χ4v) is 18.1. The number of ketones is 1. The number of alkyl halides is 14. The SMILES string of the molecule is CCCCC[C@H]1CCCCC[C@H](O[Si](CCC(F)(F)C(F)(F)C(F)(F)F)(C(C)C)C(C)C)O[C@H](OCc2ccccc2)[C@H](O[Si](CCC(F)(F)C(F)(F)C(F)(F)F)(C(C)C)C(C)C)C=CC(=O)C1. The molecule has 396 valence electrons. The molecular weight excluding hydrogens is 967 g/mol. The number of hydrogen-bond donors (Lipinski definition) is 0. The fourth-order valence-electron chi connectivity index (χ4n) is 9.04. The number of allylic oxidation sites excluding steroid dienone is 1. The van der Waals surface area contributed by atoms with E-state index in [1.807, 2.05) is 6.92 Å². The van der Waals surface area contributed by atoms with Crippen LogP contribution in [0.3, 0.4) is 0 Å². The van der Waals surface area contributed by atoms with Crippen LogP contribution in [0.25, 0.3) is 0 Å². The van der Waals surface area contributed by atoms with Gasteiger partial charge in [-0.2, -0.15) is 61.5 Å². The molecule has 1 heterocycles. The quantitative estimate of drug-likeness (QED) is 0.0621. The molecule has 68 heavy (non-hydrogen) atoms. The zero-order valence-electron chi connectivity index (χ0n) is 40.6. The molecule has 0 saturated carbocycles. The molecule has 5 nitrogen and oxygen atoms in total. The lowest BCUT2D eigenvalue weighted by molar-refractivity contribution is -0.355. The van der Waals surface area contributed by atoms with Crippen LogP contribution < -0.4 is 0 Å². The summed E-state index contributed by atoms with van der Waals surface area (Å²) in [5, 5.41) is 0. The molecule has 21 heteroatoms. The van der Waals surface area contributed by atoms with Gasteiger partial charge in [-0.1, -0.05) is 138 Å². The third kappa shape index (κ3) is 16.2. The molecule has 0 spiro atoms. The van der Waals surface area contributed by atoms with Crippen molar-refractivity contribution in [3.63, 3.8) is 0 Å². The second-order valence-electron chi connectivity index (χ2n) is 19.5. The summed E-state index contributed by atoms with van der Waals surface area (Å²) in [7, 11) is -7.99. The van der Waals surface area contributed by atoms with Crippen LogP contribution >= 0.6 is 0 Å². The lowest BCUT2D eigenvalue weighted by atomic mass is 9.90. The zero-order chi connectivity index (χ0) is 52.2. The minimum atomic E-state index is -6.58. The number of halogens is 14. The predicted molar refractivity (Wildman–Crippen MR) is 238 cm³/mol. The van der Waals surface area contributed by atoms with Gasteiger partial charge in [0.25, 0.3) is 0 Å². The lowest BCUT2D eigenvalue weighted by Gasteiger charge is -2.45. The molecule has 0 amide bonds. The first kappa shape index (κ1) is 62.0. The van der Waals surface area contributed by atoms with E-state index in [1.54, 1.807) is 85.7 Å². The Morgan fingerprint density at radius 3 is 1.57 bits per heavy atom. The monoisotopic (exact) mass is 1040 g/mol. The van der Waals surface area contributed by atoms with Gasteiger partial charge in [0.1, 0.15) is 6.10 Å². The van der Waals surface area contributed by atoms with Gasteiger partial charge in [0.2, 0.25) is 8.32 Å². The Hall–Kier alpha value is -2.08. The molecule has 1 aromatic carbocycles. The highest BCUT2D eigenvalue weighted by Gasteiger charge is 2.74. The number of rotatable bonds is 23. The Bertz CT molecular complexity index is 1660. The molecule has 1 aliphatic rings. The highest BCUT2D eigenvalue weighted by atomic mass is 28.4. The molecule has 0 aromatic heterocycles. The topological polar surface area (TPSA) is 54.0 Å². The summed E-state index contributed by atoms with van der Waals surface area (Å²) in [4.78, 5) is 13.8. The Labute approximate surface area is 395 Å². The normalized spacial score (nSPS) is 21.1. The summed E-state index contributed by atoms with van der Waals surface area (Å²) in [5.74, 6) is -24.3. The summed E-state index contributed by atoms with van der Waals surface area (Å²) < 4.78 is 224. The highest BCUT2D eigenvalue weighted by Crippen LogP contribution is 2.53. The standard InChI is InChI=1S/C47H72F14O5Si2/c1-10-11-14-19-36-20-15-13-18-23-40(66-68(34(6)7,35(8)9)29-27-43(50,51)45(54,55)47(59,60)61)64-41(63-31-37-21-16-12-17-22-37)39(25-24-38(62)30-36)65-67(32(2)3,33(4)5)28-26-42(48,49)44(52,53)46(56,57)58/h12,16-17,21-22,24-25,32-36,39-41H,10-11,13-15,18-20,23,26-31H2,1-9H3/t36-,39+,40-,41-/m0/s1. The number of ether oxygens (including phenoxy) is 2. The third-order valence-corrected chi connectivity index (χ3v) is 24.7. The van der Waals surface area contributed by atoms with Crippen LogP contribution in [0.2, 0.25) is 34.3 Å². The summed E-state index contributed by atoms with van der Waals surface area (Å²) in [6.07, 6.45) is -13.7. The summed E-state index contributed by atoms with van der Waals surface area (Å²) in [6, 6.07) is 6.59. The number of benzene rings is 1. The van der Waals surface area contributed by atoms with Gasteiger partial charge in [0.05, 0.1) is 6.61 Å². The van der Waals surface area contributed by atoms with Crippen LogP contribution in [-0.4, -0.2) is 77.1 Å². The molecule has 0 aliphatic carbocycles. The number of carbonyl (C=O) groups is 1. The molecule has 0 N–H and O–H groups in total. The molecule has 1 aliphatic heterocycles. The molecule has 0 fully saturated rings. The van der Waals surface area contributed by atoms with E-state index in [-0.39, 0.29) is 31.1 Å². The van der Waals surface area contributed by atoms with E-state index in [1.165, 1.54) is 12.2 Å². The van der Waals surface area contributed by atoms with E-state index in [2.05, 4.69) is 0 Å². The average Bonchev–Trinajstić information content (AvgIpc) is 3.22. The van der Waals surface area contributed by atoms with Crippen molar-refractivity contribution in [2.75, 3.05) is 0 Å². The zero-order valence-corrected chi connectivity index (χ0v) is 42.6. The first-order valence-corrected chi connectivity index (χ1v) is 28.2. The largest absolute Gasteiger partial charge is 0.459 e. The average molecular weight is 1040 g/mol. The van der Waals surface area contributed by atoms with Gasteiger partial charge in [-0.25, -0.2) is 0 Å². The summed E-state index contributed by atoms with van der Waals surface area (Å²) in [5.41, 5.74) is -2.33. The van der Waals surface area contributed by atoms with Gasteiger partial charge < -0.3 is 18.3 Å². The van der Waals surface area contributed by atoms with Crippen molar-refractivity contribution in [2.45, 2.75) is 235 Å². The number of hydrogen-bond acceptors (Lipinski definition) is 5. The van der Waals surface area contributed by atoms with E-state index in [0.717, 1.165) is 19.3 Å². The first-order chi connectivity index (χ1) is 31.1. The van der Waals surface area contributed by atoms with Crippen LogP contribution in [0, 0.1) is 5.92 Å². The smallest absolute Gasteiger partial charge is 0.405 e. The maximum absolute atomic E-state index is 15.1. The van der Waals surface area contributed by atoms with Crippen LogP contribution in [0.5, 0.6) is 0 Å². The van der Waals surface area contributed by atoms with Crippen molar-refractivity contribution in [3.05, 3.63) is 48.0 Å². The predicted octanol–water partition coefficient (Wildman–Crippen LogP) is 16.9. The summed E-state index contributed by atoms with van der Waals surface area (Å²) in [6.45, 7) is 14.2. The van der Waals surface area contributed by atoms with E-state index in [0.29, 0.717) is 37.7 Å². The van der Waals surface area contributed by atoms with Crippen molar-refractivity contribution in [1.82, 2.24) is 0 Å². The van der Waals surface area contributed by atoms with Crippen molar-refractivity contribution in [1.29, 1.82) is 0 Å². The van der Waals surface area contributed by atoms with Gasteiger partial charge in [0, 0.05) is 19.3 Å². The van der Waals surface area contributed by atoms with Gasteiger partial charge in [-0.15, -0.1) is 0 Å². The highest BCUT2D eigenvalue weighted by molar-refractivity contribution is 6.77. The maximum atomic E-state index is 15.1. The molecule has 4 atom stereocenters. The minimum absolute atomic E-state index is 0.0000366. The molecular formula is C47H72F14O5Si2. The van der Waals surface area contributed by atoms with E-state index >= 15 is 17.6 Å².